The van der Waals surface area contributed by atoms with Crippen molar-refractivity contribution in [1.82, 2.24) is 5.32 Å². The third kappa shape index (κ3) is 5.30. The van der Waals surface area contributed by atoms with E-state index in [4.69, 9.17) is 9.47 Å². The topological polar surface area (TPSA) is 42.5 Å². The molecule has 0 spiro atoms. The molecule has 2 N–H and O–H groups in total. The van der Waals surface area contributed by atoms with E-state index in [0.29, 0.717) is 6.61 Å². The summed E-state index contributed by atoms with van der Waals surface area (Å²) >= 11 is 0. The summed E-state index contributed by atoms with van der Waals surface area (Å²) in [5.74, 6) is 1.80. The normalized spacial score (nSPS) is 10.3. The van der Waals surface area contributed by atoms with Crippen LogP contribution < -0.4 is 20.1 Å². The third-order valence-corrected chi connectivity index (χ3v) is 3.28. The van der Waals surface area contributed by atoms with Crippen molar-refractivity contribution in [1.29, 1.82) is 0 Å². The van der Waals surface area contributed by atoms with Gasteiger partial charge in [0.1, 0.15) is 11.5 Å². The van der Waals surface area contributed by atoms with Gasteiger partial charge in [-0.1, -0.05) is 12.1 Å². The van der Waals surface area contributed by atoms with E-state index in [9.17, 15) is 0 Å². The maximum atomic E-state index is 5.42. The maximum absolute atomic E-state index is 5.42. The zero-order valence-corrected chi connectivity index (χ0v) is 13.3. The van der Waals surface area contributed by atoms with Crippen molar-refractivity contribution in [3.8, 4) is 11.5 Å². The van der Waals surface area contributed by atoms with Crippen molar-refractivity contribution in [2.24, 2.45) is 0 Å². The Morgan fingerprint density at radius 3 is 2.18 bits per heavy atom. The summed E-state index contributed by atoms with van der Waals surface area (Å²) in [6, 6.07) is 16.2. The van der Waals surface area contributed by atoms with Crippen LogP contribution in [0.2, 0.25) is 0 Å². The van der Waals surface area contributed by atoms with Crippen LogP contribution >= 0.6 is 0 Å². The summed E-state index contributed by atoms with van der Waals surface area (Å²) in [5, 5.41) is 6.79. The van der Waals surface area contributed by atoms with E-state index in [2.05, 4.69) is 22.8 Å². The first-order valence-corrected chi connectivity index (χ1v) is 7.62. The Hall–Kier alpha value is -2.20. The quantitative estimate of drug-likeness (QED) is 0.697. The first-order chi connectivity index (χ1) is 10.8. The Bertz CT molecular complexity index is 538. The second-order valence-corrected chi connectivity index (χ2v) is 4.91. The minimum Gasteiger partial charge on any atom is -0.497 e. The van der Waals surface area contributed by atoms with Crippen LogP contribution in [0, 0.1) is 0 Å². The van der Waals surface area contributed by atoms with E-state index >= 15 is 0 Å². The third-order valence-electron chi connectivity index (χ3n) is 3.28. The summed E-state index contributed by atoms with van der Waals surface area (Å²) in [6.07, 6.45) is 0. The summed E-state index contributed by atoms with van der Waals surface area (Å²) in [4.78, 5) is 0. The molecule has 22 heavy (non-hydrogen) atoms. The Balaban J connectivity index is 1.64. The van der Waals surface area contributed by atoms with Gasteiger partial charge in [-0.2, -0.15) is 0 Å². The van der Waals surface area contributed by atoms with Gasteiger partial charge in [-0.25, -0.2) is 0 Å². The fourth-order valence-corrected chi connectivity index (χ4v) is 2.11. The molecule has 0 aliphatic heterocycles. The van der Waals surface area contributed by atoms with Crippen molar-refractivity contribution in [3.05, 3.63) is 54.1 Å². The predicted octanol–water partition coefficient (Wildman–Crippen LogP) is 3.30. The molecule has 4 nitrogen and oxygen atoms in total. The first kappa shape index (κ1) is 16.2. The maximum Gasteiger partial charge on any atom is 0.119 e. The molecule has 0 atom stereocenters. The highest BCUT2D eigenvalue weighted by atomic mass is 16.5. The molecule has 0 radical (unpaired) electrons. The number of methoxy groups -OCH3 is 1. The van der Waals surface area contributed by atoms with Gasteiger partial charge in [-0.15, -0.1) is 0 Å². The molecule has 0 saturated heterocycles. The highest BCUT2D eigenvalue weighted by molar-refractivity contribution is 5.46. The lowest BCUT2D eigenvalue weighted by atomic mass is 10.2. The van der Waals surface area contributed by atoms with Crippen LogP contribution in [-0.4, -0.2) is 26.8 Å². The van der Waals surface area contributed by atoms with Gasteiger partial charge in [0.05, 0.1) is 13.7 Å². The molecule has 0 aliphatic carbocycles. The zero-order chi connectivity index (χ0) is 15.6. The molecule has 0 bridgehead atoms. The van der Waals surface area contributed by atoms with E-state index in [-0.39, 0.29) is 0 Å². The second-order valence-electron chi connectivity index (χ2n) is 4.91. The first-order valence-electron chi connectivity index (χ1n) is 7.62. The van der Waals surface area contributed by atoms with Gasteiger partial charge >= 0.3 is 0 Å². The van der Waals surface area contributed by atoms with E-state index in [1.54, 1.807) is 7.11 Å². The number of ether oxygens (including phenoxy) is 2. The van der Waals surface area contributed by atoms with Crippen LogP contribution in [0.15, 0.2) is 48.5 Å². The van der Waals surface area contributed by atoms with Crippen molar-refractivity contribution in [3.63, 3.8) is 0 Å². The van der Waals surface area contributed by atoms with Gasteiger partial charge in [0.2, 0.25) is 0 Å². The van der Waals surface area contributed by atoms with Gasteiger partial charge in [0.25, 0.3) is 0 Å². The van der Waals surface area contributed by atoms with Gasteiger partial charge in [0, 0.05) is 25.3 Å². The van der Waals surface area contributed by atoms with Crippen LogP contribution in [0.3, 0.4) is 0 Å². The molecular formula is C18H24N2O2. The van der Waals surface area contributed by atoms with Crippen molar-refractivity contribution < 1.29 is 9.47 Å². The molecule has 0 unspecified atom stereocenters. The molecule has 118 valence electrons. The van der Waals surface area contributed by atoms with Crippen LogP contribution in [0.1, 0.15) is 12.5 Å². The standard InChI is InChI=1S/C18H24N2O2/c1-3-22-18-10-6-16(7-11-18)20-13-12-19-14-15-4-8-17(21-2)9-5-15/h4-11,19-20H,3,12-14H2,1-2H3. The number of rotatable bonds is 9. The molecule has 2 rings (SSSR count). The molecule has 0 saturated carbocycles. The lowest BCUT2D eigenvalue weighted by Crippen LogP contribution is -2.21. The fraction of sp³-hybridized carbons (Fsp3) is 0.333. The minimum absolute atomic E-state index is 0.696. The van der Waals surface area contributed by atoms with Crippen LogP contribution in [0.25, 0.3) is 0 Å². The summed E-state index contributed by atoms with van der Waals surface area (Å²) in [5.41, 5.74) is 2.36. The van der Waals surface area contributed by atoms with Crippen LogP contribution in [0.4, 0.5) is 5.69 Å². The molecule has 0 fully saturated rings. The number of benzene rings is 2. The number of hydrogen-bond acceptors (Lipinski definition) is 4. The van der Waals surface area contributed by atoms with Crippen molar-refractivity contribution in [2.45, 2.75) is 13.5 Å². The molecule has 2 aromatic rings. The van der Waals surface area contributed by atoms with E-state index in [0.717, 1.165) is 36.8 Å². The Kier molecular flexibility index (Phi) is 6.58. The van der Waals surface area contributed by atoms with Gasteiger partial charge in [-0.05, 0) is 48.9 Å². The molecule has 4 heteroatoms. The monoisotopic (exact) mass is 300 g/mol. The van der Waals surface area contributed by atoms with Crippen LogP contribution in [-0.2, 0) is 6.54 Å². The summed E-state index contributed by atoms with van der Waals surface area (Å²) in [6.45, 7) is 5.32. The largest absolute Gasteiger partial charge is 0.497 e. The highest BCUT2D eigenvalue weighted by Crippen LogP contribution is 2.15. The summed E-state index contributed by atoms with van der Waals surface area (Å²) in [7, 11) is 1.68. The van der Waals surface area contributed by atoms with Crippen molar-refractivity contribution in [2.75, 3.05) is 32.1 Å². The molecule has 0 heterocycles. The van der Waals surface area contributed by atoms with E-state index < -0.39 is 0 Å². The van der Waals surface area contributed by atoms with Gasteiger partial charge in [-0.3, -0.25) is 0 Å². The Morgan fingerprint density at radius 2 is 1.55 bits per heavy atom. The highest BCUT2D eigenvalue weighted by Gasteiger charge is 1.96. The second kappa shape index (κ2) is 8.95. The fourth-order valence-electron chi connectivity index (χ4n) is 2.11. The average Bonchev–Trinajstić information content (AvgIpc) is 2.57. The van der Waals surface area contributed by atoms with Gasteiger partial charge in [0.15, 0.2) is 0 Å². The number of anilines is 1. The number of nitrogens with one attached hydrogen (secondary N) is 2. The summed E-state index contributed by atoms with van der Waals surface area (Å²) < 4.78 is 10.6. The Morgan fingerprint density at radius 1 is 0.864 bits per heavy atom. The SMILES string of the molecule is CCOc1ccc(NCCNCc2ccc(OC)cc2)cc1. The molecule has 0 amide bonds. The van der Waals surface area contributed by atoms with Gasteiger partial charge < -0.3 is 20.1 Å². The number of hydrogen-bond donors (Lipinski definition) is 2. The lowest BCUT2D eigenvalue weighted by molar-refractivity contribution is 0.340. The van der Waals surface area contributed by atoms with Crippen molar-refractivity contribution >= 4 is 5.69 Å². The van der Waals surface area contributed by atoms with E-state index in [1.807, 2.05) is 43.3 Å². The predicted molar refractivity (Wildman–Crippen MR) is 90.8 cm³/mol. The van der Waals surface area contributed by atoms with E-state index in [1.165, 1.54) is 5.56 Å². The molecule has 0 aliphatic rings. The average molecular weight is 300 g/mol. The zero-order valence-electron chi connectivity index (χ0n) is 13.3. The lowest BCUT2D eigenvalue weighted by Gasteiger charge is -2.09. The molecule has 0 aromatic heterocycles. The van der Waals surface area contributed by atoms with Crippen LogP contribution in [0.5, 0.6) is 11.5 Å². The minimum atomic E-state index is 0.696. The smallest absolute Gasteiger partial charge is 0.119 e. The molecular weight excluding hydrogens is 276 g/mol. The molecule has 2 aromatic carbocycles. The Labute approximate surface area is 132 Å².